The van der Waals surface area contributed by atoms with E-state index in [9.17, 15) is 0 Å². The zero-order chi connectivity index (χ0) is 9.26. The Bertz CT molecular complexity index is 197. The van der Waals surface area contributed by atoms with Crippen LogP contribution in [-0.4, -0.2) is 36.5 Å². The number of nitrogens with one attached hydrogen (secondary N) is 3. The number of fused-ring (bicyclic) bond motifs is 3. The molecule has 13 heavy (non-hydrogen) atoms. The first-order chi connectivity index (χ1) is 6.29. The molecule has 3 aliphatic rings. The van der Waals surface area contributed by atoms with Crippen molar-refractivity contribution in [2.45, 2.75) is 18.9 Å². The van der Waals surface area contributed by atoms with E-state index in [2.05, 4.69) is 15.6 Å². The van der Waals surface area contributed by atoms with Gasteiger partial charge in [0.25, 0.3) is 0 Å². The Labute approximate surface area is 78.1 Å². The molecule has 3 aliphatic heterocycles. The highest BCUT2D eigenvalue weighted by Crippen LogP contribution is 2.27. The van der Waals surface area contributed by atoms with E-state index in [1.165, 1.54) is 25.9 Å². The molecular formula is C8H17N5. The molecule has 0 aromatic heterocycles. The van der Waals surface area contributed by atoms with E-state index in [4.69, 9.17) is 11.3 Å². The highest BCUT2D eigenvalue weighted by Gasteiger charge is 2.34. The van der Waals surface area contributed by atoms with Crippen molar-refractivity contribution in [3.8, 4) is 0 Å². The monoisotopic (exact) mass is 183 g/mol. The summed E-state index contributed by atoms with van der Waals surface area (Å²) in [5, 5.41) is 10.5. The van der Waals surface area contributed by atoms with Crippen molar-refractivity contribution in [3.63, 3.8) is 0 Å². The Kier molecular flexibility index (Phi) is 2.37. The van der Waals surface area contributed by atoms with Gasteiger partial charge in [0.15, 0.2) is 0 Å². The van der Waals surface area contributed by atoms with Gasteiger partial charge in [-0.3, -0.25) is 10.8 Å². The summed E-state index contributed by atoms with van der Waals surface area (Å²) < 4.78 is 0. The smallest absolute Gasteiger partial charge is 0.203 e. The molecule has 3 saturated heterocycles. The summed E-state index contributed by atoms with van der Waals surface area (Å²) in [7, 11) is 0. The van der Waals surface area contributed by atoms with E-state index in [0.717, 1.165) is 12.5 Å². The first kappa shape index (κ1) is 8.77. The third-order valence-electron chi connectivity index (χ3n) is 3.13. The molecule has 0 amide bonds. The number of hydrazine groups is 1. The standard InChI is InChI=1S/C8H17N5/c9-8(12-10)11-7-5-13-3-1-6(7)2-4-13/h6-7H,1-5,10H2,(H3,9,11,12)/t7-/m1/s1. The Morgan fingerprint density at radius 3 is 2.54 bits per heavy atom. The van der Waals surface area contributed by atoms with E-state index < -0.39 is 0 Å². The quantitative estimate of drug-likeness (QED) is 0.183. The normalized spacial score (nSPS) is 37.2. The molecule has 0 radical (unpaired) electrons. The van der Waals surface area contributed by atoms with Crippen LogP contribution in [0.5, 0.6) is 0 Å². The SMILES string of the molecule is N=C(NN)N[C@@H]1CN2CCC1CC2. The molecule has 3 rings (SSSR count). The molecule has 0 aromatic carbocycles. The third-order valence-corrected chi connectivity index (χ3v) is 3.13. The number of guanidine groups is 1. The van der Waals surface area contributed by atoms with Gasteiger partial charge in [0.05, 0.1) is 0 Å². The first-order valence-corrected chi connectivity index (χ1v) is 4.83. The fourth-order valence-corrected chi connectivity index (χ4v) is 2.36. The number of rotatable bonds is 1. The highest BCUT2D eigenvalue weighted by molar-refractivity contribution is 5.76. The molecule has 2 bridgehead atoms. The summed E-state index contributed by atoms with van der Waals surface area (Å²) in [5.74, 6) is 6.11. The van der Waals surface area contributed by atoms with Gasteiger partial charge in [0.1, 0.15) is 0 Å². The van der Waals surface area contributed by atoms with Crippen LogP contribution in [0.4, 0.5) is 0 Å². The lowest BCUT2D eigenvalue weighted by molar-refractivity contribution is 0.0807. The van der Waals surface area contributed by atoms with Crippen molar-refractivity contribution in [1.29, 1.82) is 5.41 Å². The molecule has 0 unspecified atom stereocenters. The van der Waals surface area contributed by atoms with Gasteiger partial charge in [-0.1, -0.05) is 0 Å². The topological polar surface area (TPSA) is 77.2 Å². The van der Waals surface area contributed by atoms with Crippen LogP contribution >= 0.6 is 0 Å². The summed E-state index contributed by atoms with van der Waals surface area (Å²) in [5.41, 5.74) is 2.33. The predicted octanol–water partition coefficient (Wildman–Crippen LogP) is -0.932. The maximum atomic E-state index is 7.39. The van der Waals surface area contributed by atoms with Gasteiger partial charge in [-0.05, 0) is 31.8 Å². The van der Waals surface area contributed by atoms with Crippen LogP contribution < -0.4 is 16.6 Å². The Morgan fingerprint density at radius 1 is 1.38 bits per heavy atom. The summed E-state index contributed by atoms with van der Waals surface area (Å²) >= 11 is 0. The second kappa shape index (κ2) is 3.51. The van der Waals surface area contributed by atoms with Gasteiger partial charge in [-0.25, -0.2) is 5.84 Å². The molecule has 1 atom stereocenters. The average Bonchev–Trinajstić information content (AvgIpc) is 2.19. The van der Waals surface area contributed by atoms with Crippen molar-refractivity contribution in [3.05, 3.63) is 0 Å². The fraction of sp³-hybridized carbons (Fsp3) is 0.875. The number of nitrogens with two attached hydrogens (primary N) is 1. The minimum absolute atomic E-state index is 0.235. The van der Waals surface area contributed by atoms with Crippen LogP contribution in [0, 0.1) is 11.3 Å². The van der Waals surface area contributed by atoms with Gasteiger partial charge >= 0.3 is 0 Å². The van der Waals surface area contributed by atoms with Crippen LogP contribution in [0.25, 0.3) is 0 Å². The number of nitrogens with zero attached hydrogens (tertiary/aromatic N) is 1. The zero-order valence-corrected chi connectivity index (χ0v) is 7.71. The molecule has 5 nitrogen and oxygen atoms in total. The lowest BCUT2D eigenvalue weighted by Gasteiger charge is -2.45. The third kappa shape index (κ3) is 1.76. The average molecular weight is 183 g/mol. The van der Waals surface area contributed by atoms with Crippen molar-refractivity contribution >= 4 is 5.96 Å². The second-order valence-electron chi connectivity index (χ2n) is 3.91. The predicted molar refractivity (Wildman–Crippen MR) is 51.1 cm³/mol. The van der Waals surface area contributed by atoms with Gasteiger partial charge < -0.3 is 10.2 Å². The molecule has 5 heteroatoms. The lowest BCUT2D eigenvalue weighted by atomic mass is 9.84. The van der Waals surface area contributed by atoms with Gasteiger partial charge in [-0.15, -0.1) is 0 Å². The van der Waals surface area contributed by atoms with E-state index >= 15 is 0 Å². The van der Waals surface area contributed by atoms with Crippen molar-refractivity contribution in [2.24, 2.45) is 11.8 Å². The minimum atomic E-state index is 0.235. The maximum Gasteiger partial charge on any atom is 0.203 e. The Hall–Kier alpha value is -0.810. The molecule has 0 spiro atoms. The Morgan fingerprint density at radius 2 is 2.08 bits per heavy atom. The van der Waals surface area contributed by atoms with E-state index in [1.807, 2.05) is 0 Å². The van der Waals surface area contributed by atoms with Crippen molar-refractivity contribution < 1.29 is 0 Å². The van der Waals surface area contributed by atoms with Crippen LogP contribution in [0.1, 0.15) is 12.8 Å². The summed E-state index contributed by atoms with van der Waals surface area (Å²) in [6.45, 7) is 3.52. The minimum Gasteiger partial charge on any atom is -0.351 e. The largest absolute Gasteiger partial charge is 0.351 e. The van der Waals surface area contributed by atoms with Gasteiger partial charge in [0.2, 0.25) is 5.96 Å². The number of piperidine rings is 3. The molecule has 3 heterocycles. The molecule has 5 N–H and O–H groups in total. The summed E-state index contributed by atoms with van der Waals surface area (Å²) in [6, 6.07) is 0.422. The summed E-state index contributed by atoms with van der Waals surface area (Å²) in [6.07, 6.45) is 2.52. The maximum absolute atomic E-state index is 7.39. The molecular weight excluding hydrogens is 166 g/mol. The molecule has 0 saturated carbocycles. The number of hydrogen-bond donors (Lipinski definition) is 4. The fourth-order valence-electron chi connectivity index (χ4n) is 2.36. The first-order valence-electron chi connectivity index (χ1n) is 4.83. The molecule has 3 fully saturated rings. The van der Waals surface area contributed by atoms with Crippen molar-refractivity contribution in [1.82, 2.24) is 15.6 Å². The molecule has 74 valence electrons. The lowest BCUT2D eigenvalue weighted by Crippen LogP contribution is -2.59. The van der Waals surface area contributed by atoms with E-state index in [0.29, 0.717) is 6.04 Å². The van der Waals surface area contributed by atoms with Gasteiger partial charge in [0, 0.05) is 12.6 Å². The van der Waals surface area contributed by atoms with Crippen LogP contribution in [-0.2, 0) is 0 Å². The number of hydrogen-bond acceptors (Lipinski definition) is 3. The van der Waals surface area contributed by atoms with E-state index in [-0.39, 0.29) is 5.96 Å². The molecule has 0 aromatic rings. The second-order valence-corrected chi connectivity index (χ2v) is 3.91. The van der Waals surface area contributed by atoms with Crippen LogP contribution in [0.2, 0.25) is 0 Å². The summed E-state index contributed by atoms with van der Waals surface area (Å²) in [4.78, 5) is 2.45. The van der Waals surface area contributed by atoms with Crippen LogP contribution in [0.3, 0.4) is 0 Å². The highest BCUT2D eigenvalue weighted by atomic mass is 15.3. The Balaban J connectivity index is 1.90. The van der Waals surface area contributed by atoms with Crippen LogP contribution in [0.15, 0.2) is 0 Å². The van der Waals surface area contributed by atoms with E-state index in [1.54, 1.807) is 0 Å². The van der Waals surface area contributed by atoms with Crippen molar-refractivity contribution in [2.75, 3.05) is 19.6 Å². The zero-order valence-electron chi connectivity index (χ0n) is 7.71. The molecule has 0 aliphatic carbocycles. The van der Waals surface area contributed by atoms with Gasteiger partial charge in [-0.2, -0.15) is 0 Å².